The van der Waals surface area contributed by atoms with Gasteiger partial charge in [0.15, 0.2) is 0 Å². The molecule has 1 unspecified atom stereocenters. The molecule has 0 fully saturated rings. The maximum atomic E-state index is 11.6. The van der Waals surface area contributed by atoms with Gasteiger partial charge in [-0.25, -0.2) is 0 Å². The highest BCUT2D eigenvalue weighted by atomic mass is 127. The van der Waals surface area contributed by atoms with Crippen molar-refractivity contribution in [2.75, 3.05) is 59.0 Å². The average Bonchev–Trinajstić information content (AvgIpc) is 2.76. The molecule has 0 aliphatic rings. The van der Waals surface area contributed by atoms with Crippen LogP contribution in [0.3, 0.4) is 0 Å². The first-order valence-electron chi connectivity index (χ1n) is 11.5. The van der Waals surface area contributed by atoms with Crippen molar-refractivity contribution in [1.82, 2.24) is 14.7 Å². The largest absolute Gasteiger partial charge is 0.493 e. The van der Waals surface area contributed by atoms with Gasteiger partial charge in [0.2, 0.25) is 0 Å². The molecule has 14 nitrogen and oxygen atoms in total. The Morgan fingerprint density at radius 1 is 0.789 bits per heavy atom. The fraction of sp³-hybridized carbons (Fsp3) is 0.522. The van der Waals surface area contributed by atoms with E-state index < -0.39 is 68.6 Å². The number of halogens is 1. The third-order valence-electron chi connectivity index (χ3n) is 5.24. The van der Waals surface area contributed by atoms with Gasteiger partial charge in [-0.3, -0.25) is 38.7 Å². The predicted molar refractivity (Wildman–Crippen MR) is 140 cm³/mol. The van der Waals surface area contributed by atoms with E-state index >= 15 is 0 Å². The molecule has 0 bridgehead atoms. The van der Waals surface area contributed by atoms with Crippen LogP contribution in [-0.2, 0) is 30.4 Å². The minimum absolute atomic E-state index is 0.0574. The zero-order valence-electron chi connectivity index (χ0n) is 20.8. The smallest absolute Gasteiger partial charge is 0.317 e. The molecule has 1 atom stereocenters. The minimum atomic E-state index is -1.27. The van der Waals surface area contributed by atoms with Crippen LogP contribution in [0, 0.1) is 3.57 Å². The topological polar surface area (TPSA) is 205 Å². The van der Waals surface area contributed by atoms with Crippen molar-refractivity contribution < 1.29 is 54.2 Å². The normalized spacial score (nSPS) is 12.0. The Bertz CT molecular complexity index is 959. The third-order valence-corrected chi connectivity index (χ3v) is 6.08. The molecule has 15 heteroatoms. The van der Waals surface area contributed by atoms with E-state index in [4.69, 9.17) is 14.9 Å². The van der Waals surface area contributed by atoms with Gasteiger partial charge >= 0.3 is 29.8 Å². The second kappa shape index (κ2) is 16.7. The van der Waals surface area contributed by atoms with Crippen molar-refractivity contribution in [1.29, 1.82) is 0 Å². The fourth-order valence-corrected chi connectivity index (χ4v) is 4.53. The first-order chi connectivity index (χ1) is 17.8. The molecular formula is C23H32IN3O11. The number of carboxylic acids is 5. The Balaban J connectivity index is 3.28. The minimum Gasteiger partial charge on any atom is -0.493 e. The lowest BCUT2D eigenvalue weighted by Gasteiger charge is -2.34. The van der Waals surface area contributed by atoms with Crippen LogP contribution in [0.1, 0.15) is 12.5 Å². The molecule has 0 amide bonds. The number of aliphatic carboxylic acids is 5. The maximum absolute atomic E-state index is 11.6. The summed E-state index contributed by atoms with van der Waals surface area (Å²) in [5, 5.41) is 46.3. The van der Waals surface area contributed by atoms with Gasteiger partial charge < -0.3 is 30.3 Å². The highest BCUT2D eigenvalue weighted by molar-refractivity contribution is 14.1. The molecule has 0 spiro atoms. The van der Waals surface area contributed by atoms with E-state index in [2.05, 4.69) is 22.6 Å². The van der Waals surface area contributed by atoms with E-state index in [1.54, 1.807) is 18.2 Å². The summed E-state index contributed by atoms with van der Waals surface area (Å²) in [6, 6.07) is 4.54. The molecule has 0 radical (unpaired) electrons. The summed E-state index contributed by atoms with van der Waals surface area (Å²) in [5.74, 6) is -5.62. The Kier molecular flexibility index (Phi) is 14.5. The van der Waals surface area contributed by atoms with Gasteiger partial charge in [-0.1, -0.05) is 6.07 Å². The monoisotopic (exact) mass is 653 g/mol. The van der Waals surface area contributed by atoms with Crippen LogP contribution in [0.15, 0.2) is 18.2 Å². The summed E-state index contributed by atoms with van der Waals surface area (Å²) in [7, 11) is 0. The van der Waals surface area contributed by atoms with Crippen molar-refractivity contribution in [2.45, 2.75) is 19.4 Å². The maximum Gasteiger partial charge on any atom is 0.317 e. The van der Waals surface area contributed by atoms with Crippen LogP contribution in [0.25, 0.3) is 0 Å². The van der Waals surface area contributed by atoms with Crippen molar-refractivity contribution in [3.05, 3.63) is 27.3 Å². The van der Waals surface area contributed by atoms with Crippen molar-refractivity contribution >= 4 is 52.4 Å². The van der Waals surface area contributed by atoms with Crippen LogP contribution in [0.4, 0.5) is 0 Å². The number of hydrogen-bond donors (Lipinski definition) is 5. The average molecular weight is 653 g/mol. The van der Waals surface area contributed by atoms with Crippen molar-refractivity contribution in [3.8, 4) is 5.75 Å². The summed E-state index contributed by atoms with van der Waals surface area (Å²) >= 11 is 2.08. The molecule has 1 rings (SSSR count). The quantitative estimate of drug-likeness (QED) is 0.117. The van der Waals surface area contributed by atoms with Gasteiger partial charge in [0.1, 0.15) is 5.75 Å². The molecule has 38 heavy (non-hydrogen) atoms. The van der Waals surface area contributed by atoms with Gasteiger partial charge in [0.05, 0.1) is 42.9 Å². The molecule has 0 aliphatic carbocycles. The lowest BCUT2D eigenvalue weighted by molar-refractivity contribution is -0.144. The van der Waals surface area contributed by atoms with E-state index in [1.165, 1.54) is 9.80 Å². The molecule has 0 aliphatic heterocycles. The van der Waals surface area contributed by atoms with Crippen LogP contribution < -0.4 is 4.74 Å². The summed E-state index contributed by atoms with van der Waals surface area (Å²) < 4.78 is 6.31. The van der Waals surface area contributed by atoms with Crippen molar-refractivity contribution in [3.63, 3.8) is 0 Å². The Morgan fingerprint density at radius 2 is 1.26 bits per heavy atom. The lowest BCUT2D eigenvalue weighted by Crippen LogP contribution is -2.51. The molecule has 1 aromatic rings. The number of benzene rings is 1. The van der Waals surface area contributed by atoms with Crippen LogP contribution in [0.2, 0.25) is 0 Å². The number of carboxylic acid groups (broad SMARTS) is 5. The van der Waals surface area contributed by atoms with E-state index in [-0.39, 0.29) is 26.1 Å². The third kappa shape index (κ3) is 13.5. The Hall–Kier alpha value is -3.02. The van der Waals surface area contributed by atoms with E-state index in [9.17, 15) is 39.3 Å². The van der Waals surface area contributed by atoms with Crippen molar-refractivity contribution in [2.24, 2.45) is 0 Å². The van der Waals surface area contributed by atoms with Gasteiger partial charge in [0, 0.05) is 25.7 Å². The molecule has 0 aromatic heterocycles. The highest BCUT2D eigenvalue weighted by Crippen LogP contribution is 2.23. The molecule has 212 valence electrons. The summed E-state index contributed by atoms with van der Waals surface area (Å²) in [4.78, 5) is 60.6. The number of carbonyl (C=O) groups is 5. The highest BCUT2D eigenvalue weighted by Gasteiger charge is 2.27. The SMILES string of the molecule is CCOc1ccc(CC(CN(CCN(CC(=O)O)CC(=O)O)CC(=O)O)N(CC(=O)O)CC(=O)O)cc1I. The zero-order valence-corrected chi connectivity index (χ0v) is 22.9. The number of nitrogens with zero attached hydrogens (tertiary/aromatic N) is 3. The zero-order chi connectivity index (χ0) is 28.8. The second-order valence-electron chi connectivity index (χ2n) is 8.38. The molecule has 0 saturated heterocycles. The number of ether oxygens (including phenoxy) is 1. The van der Waals surface area contributed by atoms with Gasteiger partial charge in [-0.2, -0.15) is 0 Å². The van der Waals surface area contributed by atoms with Crippen LogP contribution in [-0.4, -0.2) is 135 Å². The molecule has 0 saturated carbocycles. The number of hydrogen-bond acceptors (Lipinski definition) is 9. The first kappa shape index (κ1) is 33.0. The second-order valence-corrected chi connectivity index (χ2v) is 9.54. The van der Waals surface area contributed by atoms with Gasteiger partial charge in [-0.15, -0.1) is 0 Å². The molecular weight excluding hydrogens is 621 g/mol. The van der Waals surface area contributed by atoms with Gasteiger partial charge in [-0.05, 0) is 53.6 Å². The molecule has 0 heterocycles. The van der Waals surface area contributed by atoms with Crippen LogP contribution >= 0.6 is 22.6 Å². The summed E-state index contributed by atoms with van der Waals surface area (Å²) in [6.07, 6.45) is 0.174. The standard InChI is InChI=1S/C23H32IN3O11/c1-2-38-18-4-3-15(8-17(18)24)7-16(27(13-22(34)35)14-23(36)37)9-25(10-19(28)29)5-6-26(11-20(30)31)12-21(32)33/h3-4,8,16H,2,5-7,9-14H2,1H3,(H,28,29)(H,30,31)(H,32,33)(H,34,35)(H,36,37). The van der Waals surface area contributed by atoms with Gasteiger partial charge in [0.25, 0.3) is 0 Å². The summed E-state index contributed by atoms with van der Waals surface area (Å²) in [5.41, 5.74) is 0.734. The Labute approximate surface area is 232 Å². The van der Waals surface area contributed by atoms with E-state index in [1.807, 2.05) is 6.92 Å². The fourth-order valence-electron chi connectivity index (χ4n) is 3.79. The summed E-state index contributed by atoms with van der Waals surface area (Å²) in [6.45, 7) is -0.850. The molecule has 1 aromatic carbocycles. The van der Waals surface area contributed by atoms with Crippen LogP contribution in [0.5, 0.6) is 5.75 Å². The predicted octanol–water partition coefficient (Wildman–Crippen LogP) is -0.0700. The molecule has 5 N–H and O–H groups in total. The van der Waals surface area contributed by atoms with E-state index in [0.717, 1.165) is 14.0 Å². The first-order valence-corrected chi connectivity index (χ1v) is 12.6. The Morgan fingerprint density at radius 3 is 1.71 bits per heavy atom. The number of rotatable bonds is 20. The van der Waals surface area contributed by atoms with E-state index in [0.29, 0.717) is 12.4 Å². The lowest BCUT2D eigenvalue weighted by atomic mass is 10.0.